The van der Waals surface area contributed by atoms with Gasteiger partial charge >= 0.3 is 0 Å². The molecular formula is C21H27ClN4O2. The summed E-state index contributed by atoms with van der Waals surface area (Å²) in [6.45, 7) is 9.53. The van der Waals surface area contributed by atoms with Gasteiger partial charge in [-0.05, 0) is 37.2 Å². The highest BCUT2D eigenvalue weighted by atomic mass is 35.5. The van der Waals surface area contributed by atoms with Crippen LogP contribution in [0, 0.1) is 0 Å². The van der Waals surface area contributed by atoms with Crippen molar-refractivity contribution in [1.29, 1.82) is 0 Å². The smallest absolute Gasteiger partial charge is 0.261 e. The van der Waals surface area contributed by atoms with Crippen molar-refractivity contribution in [1.82, 2.24) is 15.2 Å². The van der Waals surface area contributed by atoms with Crippen LogP contribution >= 0.6 is 11.6 Å². The first-order valence-corrected chi connectivity index (χ1v) is 10.1. The topological polar surface area (TPSA) is 57.7 Å². The van der Waals surface area contributed by atoms with Gasteiger partial charge in [0, 0.05) is 38.9 Å². The molecule has 2 aromatic rings. The summed E-state index contributed by atoms with van der Waals surface area (Å²) in [6, 6.07) is 11.1. The minimum Gasteiger partial charge on any atom is -0.479 e. The summed E-state index contributed by atoms with van der Waals surface area (Å²) < 4.78 is 5.64. The van der Waals surface area contributed by atoms with E-state index in [1.807, 2.05) is 30.5 Å². The van der Waals surface area contributed by atoms with E-state index in [1.54, 1.807) is 19.1 Å². The second-order valence-electron chi connectivity index (χ2n) is 6.85. The Kier molecular flexibility index (Phi) is 7.12. The molecule has 1 unspecified atom stereocenters. The first-order chi connectivity index (χ1) is 13.6. The number of rotatable bonds is 7. The Labute approximate surface area is 171 Å². The van der Waals surface area contributed by atoms with Crippen molar-refractivity contribution in [3.63, 3.8) is 0 Å². The van der Waals surface area contributed by atoms with Crippen molar-refractivity contribution >= 4 is 23.3 Å². The number of hydrogen-bond acceptors (Lipinski definition) is 5. The Morgan fingerprint density at radius 2 is 1.96 bits per heavy atom. The number of carbonyl (C=O) groups excluding carboxylic acids is 1. The Hall–Kier alpha value is -2.31. The molecule has 150 valence electrons. The molecule has 1 aliphatic heterocycles. The monoisotopic (exact) mass is 402 g/mol. The molecule has 7 heteroatoms. The standard InChI is InChI=1S/C21H27ClN4O2/c1-3-25-10-12-26(13-11-25)20-9-8-17(14-23-20)15-24-21(27)16(2)28-19-7-5-4-6-18(19)22/h4-9,14,16H,3,10-13,15H2,1-2H3,(H,24,27). The summed E-state index contributed by atoms with van der Waals surface area (Å²) in [6.07, 6.45) is 1.18. The fourth-order valence-electron chi connectivity index (χ4n) is 3.12. The number of halogens is 1. The lowest BCUT2D eigenvalue weighted by atomic mass is 10.2. The number of aromatic nitrogens is 1. The van der Waals surface area contributed by atoms with Gasteiger partial charge in [0.15, 0.2) is 6.10 Å². The van der Waals surface area contributed by atoms with Gasteiger partial charge < -0.3 is 19.9 Å². The Morgan fingerprint density at radius 3 is 2.61 bits per heavy atom. The minimum atomic E-state index is -0.637. The third kappa shape index (κ3) is 5.36. The lowest BCUT2D eigenvalue weighted by Crippen LogP contribution is -2.46. The molecule has 1 fully saturated rings. The molecule has 0 saturated carbocycles. The van der Waals surface area contributed by atoms with Gasteiger partial charge in [-0.25, -0.2) is 4.98 Å². The highest BCUT2D eigenvalue weighted by Gasteiger charge is 2.17. The Morgan fingerprint density at radius 1 is 1.21 bits per heavy atom. The summed E-state index contributed by atoms with van der Waals surface area (Å²) in [5.74, 6) is 1.29. The zero-order valence-electron chi connectivity index (χ0n) is 16.4. The molecule has 28 heavy (non-hydrogen) atoms. The summed E-state index contributed by atoms with van der Waals surface area (Å²) in [5.41, 5.74) is 0.953. The van der Waals surface area contributed by atoms with Crippen molar-refractivity contribution in [2.24, 2.45) is 0 Å². The number of nitrogens with zero attached hydrogens (tertiary/aromatic N) is 3. The molecule has 0 radical (unpaired) electrons. The van der Waals surface area contributed by atoms with Crippen LogP contribution in [0.2, 0.25) is 5.02 Å². The summed E-state index contributed by atoms with van der Waals surface area (Å²) in [7, 11) is 0. The highest BCUT2D eigenvalue weighted by molar-refractivity contribution is 6.32. The van der Waals surface area contributed by atoms with Crippen LogP contribution in [-0.2, 0) is 11.3 Å². The lowest BCUT2D eigenvalue weighted by Gasteiger charge is -2.34. The number of ether oxygens (including phenoxy) is 1. The molecule has 1 N–H and O–H groups in total. The lowest BCUT2D eigenvalue weighted by molar-refractivity contribution is -0.127. The fourth-order valence-corrected chi connectivity index (χ4v) is 3.30. The van der Waals surface area contributed by atoms with Gasteiger partial charge in [-0.15, -0.1) is 0 Å². The van der Waals surface area contributed by atoms with Crippen LogP contribution in [0.15, 0.2) is 42.6 Å². The largest absolute Gasteiger partial charge is 0.479 e. The molecule has 1 amide bonds. The van der Waals surface area contributed by atoms with E-state index >= 15 is 0 Å². The highest BCUT2D eigenvalue weighted by Crippen LogP contribution is 2.24. The molecule has 2 heterocycles. The second-order valence-corrected chi connectivity index (χ2v) is 7.26. The van der Waals surface area contributed by atoms with E-state index in [2.05, 4.69) is 27.0 Å². The Bertz CT molecular complexity index is 776. The van der Waals surface area contributed by atoms with E-state index in [0.717, 1.165) is 44.1 Å². The summed E-state index contributed by atoms with van der Waals surface area (Å²) in [4.78, 5) is 21.6. The zero-order valence-corrected chi connectivity index (χ0v) is 17.2. The number of piperazine rings is 1. The summed E-state index contributed by atoms with van der Waals surface area (Å²) >= 11 is 6.07. The molecule has 0 aliphatic carbocycles. The number of anilines is 1. The Balaban J connectivity index is 1.48. The van der Waals surface area contributed by atoms with E-state index in [-0.39, 0.29) is 5.91 Å². The molecular weight excluding hydrogens is 376 g/mol. The molecule has 1 atom stereocenters. The SMILES string of the molecule is CCN1CCN(c2ccc(CNC(=O)C(C)Oc3ccccc3Cl)cn2)CC1. The average molecular weight is 403 g/mol. The number of amides is 1. The quantitative estimate of drug-likeness (QED) is 0.771. The van der Waals surface area contributed by atoms with Gasteiger partial charge in [-0.1, -0.05) is 36.7 Å². The average Bonchev–Trinajstić information content (AvgIpc) is 2.74. The van der Waals surface area contributed by atoms with Crippen molar-refractivity contribution in [3.8, 4) is 5.75 Å². The van der Waals surface area contributed by atoms with Crippen LogP contribution in [-0.4, -0.2) is 54.6 Å². The third-order valence-electron chi connectivity index (χ3n) is 4.93. The number of hydrogen-bond donors (Lipinski definition) is 1. The van der Waals surface area contributed by atoms with Crippen LogP contribution in [0.3, 0.4) is 0 Å². The molecule has 1 aliphatic rings. The van der Waals surface area contributed by atoms with E-state index in [1.165, 1.54) is 0 Å². The van der Waals surface area contributed by atoms with E-state index < -0.39 is 6.10 Å². The van der Waals surface area contributed by atoms with Gasteiger partial charge in [0.2, 0.25) is 0 Å². The number of pyridine rings is 1. The van der Waals surface area contributed by atoms with Crippen molar-refractivity contribution in [3.05, 3.63) is 53.2 Å². The van der Waals surface area contributed by atoms with Crippen molar-refractivity contribution in [2.75, 3.05) is 37.6 Å². The van der Waals surface area contributed by atoms with Crippen molar-refractivity contribution < 1.29 is 9.53 Å². The molecule has 0 spiro atoms. The predicted molar refractivity (Wildman–Crippen MR) is 112 cm³/mol. The molecule has 1 saturated heterocycles. The third-order valence-corrected chi connectivity index (χ3v) is 5.24. The fraction of sp³-hybridized carbons (Fsp3) is 0.429. The van der Waals surface area contributed by atoms with Gasteiger partial charge in [-0.2, -0.15) is 0 Å². The number of benzene rings is 1. The van der Waals surface area contributed by atoms with Crippen LogP contribution in [0.1, 0.15) is 19.4 Å². The molecule has 1 aromatic heterocycles. The van der Waals surface area contributed by atoms with Crippen LogP contribution in [0.25, 0.3) is 0 Å². The molecule has 3 rings (SSSR count). The molecule has 6 nitrogen and oxygen atoms in total. The number of likely N-dealkylation sites (N-methyl/N-ethyl adjacent to an activating group) is 1. The maximum atomic E-state index is 12.3. The number of para-hydroxylation sites is 1. The van der Waals surface area contributed by atoms with Crippen LogP contribution in [0.5, 0.6) is 5.75 Å². The van der Waals surface area contributed by atoms with Crippen LogP contribution < -0.4 is 15.0 Å². The maximum Gasteiger partial charge on any atom is 0.261 e. The van der Waals surface area contributed by atoms with Gasteiger partial charge in [0.25, 0.3) is 5.91 Å². The normalized spacial score (nSPS) is 15.9. The van der Waals surface area contributed by atoms with Crippen molar-refractivity contribution in [2.45, 2.75) is 26.5 Å². The van der Waals surface area contributed by atoms with Gasteiger partial charge in [0.05, 0.1) is 5.02 Å². The predicted octanol–water partition coefficient (Wildman–Crippen LogP) is 2.96. The van der Waals surface area contributed by atoms with E-state index in [4.69, 9.17) is 16.3 Å². The van der Waals surface area contributed by atoms with E-state index in [9.17, 15) is 4.79 Å². The van der Waals surface area contributed by atoms with Crippen LogP contribution in [0.4, 0.5) is 5.82 Å². The zero-order chi connectivity index (χ0) is 19.9. The first-order valence-electron chi connectivity index (χ1n) is 9.68. The van der Waals surface area contributed by atoms with Gasteiger partial charge in [0.1, 0.15) is 11.6 Å². The molecule has 1 aromatic carbocycles. The van der Waals surface area contributed by atoms with E-state index in [0.29, 0.717) is 17.3 Å². The molecule has 0 bridgehead atoms. The first kappa shape index (κ1) is 20.4. The summed E-state index contributed by atoms with van der Waals surface area (Å²) in [5, 5.41) is 3.37. The number of nitrogens with one attached hydrogen (secondary N) is 1. The van der Waals surface area contributed by atoms with Gasteiger partial charge in [-0.3, -0.25) is 4.79 Å². The maximum absolute atomic E-state index is 12.3. The number of carbonyl (C=O) groups is 1. The minimum absolute atomic E-state index is 0.195. The second kappa shape index (κ2) is 9.75.